The van der Waals surface area contributed by atoms with E-state index in [1.807, 2.05) is 0 Å². The zero-order chi connectivity index (χ0) is 8.91. The van der Waals surface area contributed by atoms with Crippen molar-refractivity contribution in [2.24, 2.45) is 0 Å². The molecule has 0 aromatic rings. The summed E-state index contributed by atoms with van der Waals surface area (Å²) in [5, 5.41) is 0. The fourth-order valence-electron chi connectivity index (χ4n) is 0.723. The third kappa shape index (κ3) is 2.66. The lowest BCUT2D eigenvalue weighted by Gasteiger charge is -2.11. The molecule has 0 aromatic heterocycles. The highest BCUT2D eigenvalue weighted by molar-refractivity contribution is 7.79. The molecule has 0 aliphatic rings. The first-order valence-corrected chi connectivity index (χ1v) is 5.93. The van der Waals surface area contributed by atoms with E-state index in [4.69, 9.17) is 0 Å². The zero-order valence-electron chi connectivity index (χ0n) is 7.29. The third-order valence-electron chi connectivity index (χ3n) is 1.62. The molecule has 0 fully saturated rings. The largest absolute Gasteiger partial charge is 0.461 e. The van der Waals surface area contributed by atoms with Crippen LogP contribution in [0.2, 0.25) is 0 Å². The molecule has 0 saturated carbocycles. The van der Waals surface area contributed by atoms with Crippen molar-refractivity contribution in [3.8, 4) is 0 Å². The highest BCUT2D eigenvalue weighted by atomic mass is 31.2. The fourth-order valence-corrected chi connectivity index (χ4v) is 2.05. The Bertz CT molecular complexity index is 169. The van der Waals surface area contributed by atoms with E-state index in [1.54, 1.807) is 20.8 Å². The molecule has 0 spiro atoms. The lowest BCUT2D eigenvalue weighted by molar-refractivity contribution is 0.178. The van der Waals surface area contributed by atoms with E-state index >= 15 is 0 Å². The average Bonchev–Trinajstić information content (AvgIpc) is 2.03. The van der Waals surface area contributed by atoms with Gasteiger partial charge in [0.15, 0.2) is 7.14 Å². The van der Waals surface area contributed by atoms with E-state index < -0.39 is 12.9 Å². The monoisotopic (exact) mass is 178 g/mol. The molecule has 0 unspecified atom stereocenters. The second-order valence-electron chi connectivity index (χ2n) is 2.22. The Morgan fingerprint density at radius 1 is 1.27 bits per heavy atom. The second kappa shape index (κ2) is 4.55. The smallest absolute Gasteiger partial charge is 0.364 e. The van der Waals surface area contributed by atoms with Gasteiger partial charge in [0.1, 0.15) is 0 Å². The van der Waals surface area contributed by atoms with Gasteiger partial charge in [-0.05, 0) is 6.92 Å². The molecular weight excluding hydrogens is 163 g/mol. The first-order chi connectivity index (χ1) is 5.10. The summed E-state index contributed by atoms with van der Waals surface area (Å²) in [5.41, 5.74) is -0.509. The van der Waals surface area contributed by atoms with Gasteiger partial charge in [0.25, 0.3) is 0 Å². The van der Waals surface area contributed by atoms with Crippen LogP contribution >= 0.6 is 7.14 Å². The maximum absolute atomic E-state index is 11.6. The van der Waals surface area contributed by atoms with Crippen LogP contribution in [0.3, 0.4) is 0 Å². The molecule has 0 heterocycles. The number of carbonyl (C=O) groups excluding carboxylic acids is 1. The predicted octanol–water partition coefficient (Wildman–Crippen LogP) is 2.55. The van der Waals surface area contributed by atoms with Crippen molar-refractivity contribution in [1.82, 2.24) is 0 Å². The van der Waals surface area contributed by atoms with Crippen LogP contribution in [0, 0.1) is 0 Å². The van der Waals surface area contributed by atoms with Gasteiger partial charge in [0.05, 0.1) is 6.61 Å². The Kier molecular flexibility index (Phi) is 4.43. The number of rotatable bonds is 4. The minimum absolute atomic E-state index is 0.308. The molecule has 11 heavy (non-hydrogen) atoms. The van der Waals surface area contributed by atoms with Gasteiger partial charge in [-0.25, -0.2) is 4.79 Å². The number of hydrogen-bond acceptors (Lipinski definition) is 3. The standard InChI is InChI=1S/C7H15O3P/c1-4-10-7(8)11(9,5-2)6-3/h4-6H2,1-3H3. The van der Waals surface area contributed by atoms with Crippen LogP contribution in [0.25, 0.3) is 0 Å². The van der Waals surface area contributed by atoms with Gasteiger partial charge in [-0.2, -0.15) is 0 Å². The molecule has 0 atom stereocenters. The highest BCUT2D eigenvalue weighted by Gasteiger charge is 2.28. The molecular formula is C7H15O3P. The topological polar surface area (TPSA) is 43.4 Å². The van der Waals surface area contributed by atoms with Crippen molar-refractivity contribution < 1.29 is 14.1 Å². The molecule has 0 radical (unpaired) electrons. The molecule has 66 valence electrons. The summed E-state index contributed by atoms with van der Waals surface area (Å²) >= 11 is 0. The van der Waals surface area contributed by atoms with Gasteiger partial charge < -0.3 is 9.30 Å². The van der Waals surface area contributed by atoms with Crippen molar-refractivity contribution in [3.05, 3.63) is 0 Å². The summed E-state index contributed by atoms with van der Waals surface area (Å²) in [6.07, 6.45) is 0.810. The van der Waals surface area contributed by atoms with Crippen LogP contribution in [-0.2, 0) is 9.30 Å². The summed E-state index contributed by atoms with van der Waals surface area (Å²) in [4.78, 5) is 11.0. The Labute approximate surface area is 67.5 Å². The van der Waals surface area contributed by atoms with Gasteiger partial charge in [-0.15, -0.1) is 0 Å². The summed E-state index contributed by atoms with van der Waals surface area (Å²) in [5.74, 6) is 0. The number of carbonyl (C=O) groups is 1. The van der Waals surface area contributed by atoms with Gasteiger partial charge in [-0.3, -0.25) is 0 Å². The van der Waals surface area contributed by atoms with Crippen LogP contribution in [0.5, 0.6) is 0 Å². The molecule has 0 saturated heterocycles. The highest BCUT2D eigenvalue weighted by Crippen LogP contribution is 2.46. The minimum Gasteiger partial charge on any atom is -0.461 e. The normalized spacial score (nSPS) is 11.2. The first-order valence-electron chi connectivity index (χ1n) is 3.86. The third-order valence-corrected chi connectivity index (χ3v) is 4.46. The number of hydrogen-bond donors (Lipinski definition) is 0. The molecule has 0 amide bonds. The van der Waals surface area contributed by atoms with Crippen molar-refractivity contribution in [1.29, 1.82) is 0 Å². The molecule has 0 aromatic carbocycles. The van der Waals surface area contributed by atoms with E-state index in [0.29, 0.717) is 18.9 Å². The summed E-state index contributed by atoms with van der Waals surface area (Å²) in [7, 11) is -2.65. The Hall–Kier alpha value is -0.300. The van der Waals surface area contributed by atoms with Crippen LogP contribution < -0.4 is 0 Å². The van der Waals surface area contributed by atoms with Gasteiger partial charge in [0.2, 0.25) is 0 Å². The van der Waals surface area contributed by atoms with Crippen molar-refractivity contribution in [2.45, 2.75) is 20.8 Å². The number of ether oxygens (including phenoxy) is 1. The van der Waals surface area contributed by atoms with Gasteiger partial charge in [0, 0.05) is 12.3 Å². The summed E-state index contributed by atoms with van der Waals surface area (Å²) < 4.78 is 16.3. The maximum Gasteiger partial charge on any atom is 0.364 e. The lowest BCUT2D eigenvalue weighted by atomic mass is 10.9. The minimum atomic E-state index is -2.65. The lowest BCUT2D eigenvalue weighted by Crippen LogP contribution is -2.06. The molecule has 0 bridgehead atoms. The van der Waals surface area contributed by atoms with Gasteiger partial charge >= 0.3 is 5.71 Å². The average molecular weight is 178 g/mol. The van der Waals surface area contributed by atoms with Crippen LogP contribution in [0.1, 0.15) is 20.8 Å². The molecule has 0 N–H and O–H groups in total. The van der Waals surface area contributed by atoms with E-state index in [1.165, 1.54) is 0 Å². The molecule has 3 nitrogen and oxygen atoms in total. The van der Waals surface area contributed by atoms with Crippen LogP contribution in [-0.4, -0.2) is 24.6 Å². The summed E-state index contributed by atoms with van der Waals surface area (Å²) in [6.45, 7) is 5.53. The van der Waals surface area contributed by atoms with Crippen molar-refractivity contribution in [2.75, 3.05) is 18.9 Å². The Morgan fingerprint density at radius 3 is 2.00 bits per heavy atom. The fraction of sp³-hybridized carbons (Fsp3) is 0.857. The van der Waals surface area contributed by atoms with Crippen LogP contribution in [0.15, 0.2) is 0 Å². The SMILES string of the molecule is CCOC(=O)P(=O)(CC)CC. The van der Waals surface area contributed by atoms with E-state index in [-0.39, 0.29) is 0 Å². The van der Waals surface area contributed by atoms with E-state index in [0.717, 1.165) is 0 Å². The maximum atomic E-state index is 11.6. The van der Waals surface area contributed by atoms with E-state index in [2.05, 4.69) is 4.74 Å². The van der Waals surface area contributed by atoms with Crippen molar-refractivity contribution >= 4 is 12.9 Å². The first kappa shape index (κ1) is 10.7. The molecule has 0 aliphatic heterocycles. The zero-order valence-corrected chi connectivity index (χ0v) is 8.19. The van der Waals surface area contributed by atoms with Gasteiger partial charge in [-0.1, -0.05) is 13.8 Å². The molecule has 0 rings (SSSR count). The second-order valence-corrected chi connectivity index (χ2v) is 5.63. The van der Waals surface area contributed by atoms with E-state index in [9.17, 15) is 9.36 Å². The molecule has 4 heteroatoms. The molecule has 0 aliphatic carbocycles. The van der Waals surface area contributed by atoms with Crippen molar-refractivity contribution in [3.63, 3.8) is 0 Å². The van der Waals surface area contributed by atoms with Crippen LogP contribution in [0.4, 0.5) is 4.79 Å². The summed E-state index contributed by atoms with van der Waals surface area (Å²) in [6, 6.07) is 0. The Morgan fingerprint density at radius 2 is 1.73 bits per heavy atom. The predicted molar refractivity (Wildman–Crippen MR) is 45.7 cm³/mol. The Balaban J connectivity index is 4.26. The quantitative estimate of drug-likeness (QED) is 0.621.